The normalized spacial score (nSPS) is 26.8. The van der Waals surface area contributed by atoms with Crippen molar-refractivity contribution in [2.75, 3.05) is 18.8 Å². The van der Waals surface area contributed by atoms with E-state index in [1.807, 2.05) is 17.3 Å². The molecule has 2 saturated carbocycles. The number of nitrogens with two attached hydrogens (primary N) is 2. The minimum absolute atomic E-state index is 0.0624. The molecule has 208 valence electrons. The van der Waals surface area contributed by atoms with Crippen LogP contribution in [0.1, 0.15) is 86.2 Å². The number of aromatic nitrogens is 4. The Balaban J connectivity index is 1.26. The predicted molar refractivity (Wildman–Crippen MR) is 153 cm³/mol. The Kier molecular flexibility index (Phi) is 6.25. The molecule has 4 atom stereocenters. The number of piperidine rings is 1. The van der Waals surface area contributed by atoms with E-state index in [1.54, 1.807) is 4.52 Å². The summed E-state index contributed by atoms with van der Waals surface area (Å²) in [6, 6.07) is 4.60. The topological polar surface area (TPSA) is 164 Å². The molecule has 2 bridgehead atoms. The Morgan fingerprint density at radius 1 is 1.12 bits per heavy atom. The number of rotatable bonds is 5. The number of nitrogen functional groups attached to an aromatic ring is 1. The van der Waals surface area contributed by atoms with E-state index in [4.69, 9.17) is 26.8 Å². The van der Waals surface area contributed by atoms with Crippen LogP contribution in [-0.2, 0) is 4.79 Å². The summed E-state index contributed by atoms with van der Waals surface area (Å²) in [6.45, 7) is 1.70. The van der Waals surface area contributed by atoms with E-state index in [2.05, 4.69) is 27.5 Å². The zero-order valence-electron chi connectivity index (χ0n) is 22.6. The second kappa shape index (κ2) is 9.96. The number of anilines is 1. The fourth-order valence-corrected chi connectivity index (χ4v) is 7.17. The monoisotopic (exact) mass is 540 g/mol. The Bertz CT molecular complexity index is 1480. The molecule has 0 radical (unpaired) electrons. The van der Waals surface area contributed by atoms with Crippen molar-refractivity contribution in [3.63, 3.8) is 0 Å². The van der Waals surface area contributed by atoms with Crippen molar-refractivity contribution in [3.05, 3.63) is 41.5 Å². The van der Waals surface area contributed by atoms with Gasteiger partial charge < -0.3 is 21.7 Å². The molecular weight excluding hydrogens is 504 g/mol. The third kappa shape index (κ3) is 4.32. The van der Waals surface area contributed by atoms with E-state index >= 15 is 0 Å². The summed E-state index contributed by atoms with van der Waals surface area (Å²) in [6.07, 6.45) is 12.9. The minimum atomic E-state index is -0.272. The van der Waals surface area contributed by atoms with Crippen LogP contribution in [0.15, 0.2) is 29.5 Å². The Hall–Kier alpha value is -3.86. The lowest BCUT2D eigenvalue weighted by Gasteiger charge is -2.36. The van der Waals surface area contributed by atoms with Crippen molar-refractivity contribution in [1.82, 2.24) is 29.8 Å². The molecule has 6 heterocycles. The van der Waals surface area contributed by atoms with Crippen molar-refractivity contribution >= 4 is 29.5 Å². The van der Waals surface area contributed by atoms with Gasteiger partial charge in [-0.1, -0.05) is 6.07 Å². The van der Waals surface area contributed by atoms with E-state index in [9.17, 15) is 4.79 Å². The maximum Gasteiger partial charge on any atom is 0.289 e. The van der Waals surface area contributed by atoms with E-state index in [0.29, 0.717) is 30.2 Å². The van der Waals surface area contributed by atoms with Gasteiger partial charge in [0.25, 0.3) is 5.91 Å². The molecule has 5 aliphatic rings. The second-order valence-electron chi connectivity index (χ2n) is 11.9. The Morgan fingerprint density at radius 2 is 2.00 bits per heavy atom. The summed E-state index contributed by atoms with van der Waals surface area (Å²) in [7, 11) is 0. The number of nitrogens with zero attached hydrogens (tertiary/aromatic N) is 6. The highest BCUT2D eigenvalue weighted by Gasteiger charge is 2.42. The smallest absolute Gasteiger partial charge is 0.289 e. The first-order chi connectivity index (χ1) is 19.5. The molecule has 4 unspecified atom stereocenters. The molecule has 3 aliphatic heterocycles. The van der Waals surface area contributed by atoms with E-state index < -0.39 is 0 Å². The van der Waals surface area contributed by atoms with E-state index in [-0.39, 0.29) is 23.7 Å². The summed E-state index contributed by atoms with van der Waals surface area (Å²) in [4.78, 5) is 28.8. The summed E-state index contributed by atoms with van der Waals surface area (Å²) in [5.74, 6) is 1.25. The van der Waals surface area contributed by atoms with Crippen LogP contribution in [0.5, 0.6) is 0 Å². The van der Waals surface area contributed by atoms with Gasteiger partial charge >= 0.3 is 0 Å². The largest absolute Gasteiger partial charge is 0.383 e. The van der Waals surface area contributed by atoms with Crippen LogP contribution in [-0.4, -0.2) is 61.7 Å². The zero-order valence-corrected chi connectivity index (χ0v) is 22.6. The van der Waals surface area contributed by atoms with Crippen LogP contribution in [0.3, 0.4) is 0 Å². The molecule has 11 nitrogen and oxygen atoms in total. The summed E-state index contributed by atoms with van der Waals surface area (Å²) in [5.41, 5.74) is 18.7. The fourth-order valence-electron chi connectivity index (χ4n) is 7.17. The molecule has 3 aromatic rings. The molecule has 0 aromatic carbocycles. The van der Waals surface area contributed by atoms with Gasteiger partial charge in [-0.05, 0) is 75.8 Å². The van der Waals surface area contributed by atoms with Crippen LogP contribution < -0.4 is 16.8 Å². The molecule has 40 heavy (non-hydrogen) atoms. The van der Waals surface area contributed by atoms with Crippen LogP contribution >= 0.6 is 0 Å². The van der Waals surface area contributed by atoms with Crippen molar-refractivity contribution < 1.29 is 4.79 Å². The molecule has 1 amide bonds. The van der Waals surface area contributed by atoms with Crippen LogP contribution in [0.2, 0.25) is 0 Å². The first kappa shape index (κ1) is 25.1. The molecular formula is C29H36N10O. The lowest BCUT2D eigenvalue weighted by molar-refractivity contribution is -0.128. The SMILES string of the molecule is N=CN=C(N)C(=O)N1CC2CCC1CC(c1nc3c(-c4ccc(C5CCCN5)nc4)cnn3c(N)c1C1CC1)C2. The molecule has 6 N–H and O–H groups in total. The van der Waals surface area contributed by atoms with Gasteiger partial charge in [0.1, 0.15) is 12.2 Å². The molecule has 5 fully saturated rings. The number of amides is 1. The summed E-state index contributed by atoms with van der Waals surface area (Å²) < 4.78 is 1.80. The lowest BCUT2D eigenvalue weighted by atomic mass is 9.88. The standard InChI is InChI=1S/C29H36N10O/c30-15-35-26(31)29(40)38-14-16-3-7-20(38)11-19(10-16)25-24(17-4-5-17)27(32)39-28(37-25)21(13-36-39)18-6-8-23(34-12-18)22-2-1-9-33-22/h6,8,12-13,15-17,19-20,22,33H,1-5,7,9-11,14,32H2,(H3,30,31,35). The van der Waals surface area contributed by atoms with Gasteiger partial charge in [0, 0.05) is 47.4 Å². The molecule has 3 saturated heterocycles. The number of hydrogen-bond acceptors (Lipinski definition) is 7. The number of aliphatic imine (C=N–C) groups is 1. The maximum absolute atomic E-state index is 13.1. The zero-order chi connectivity index (χ0) is 27.4. The van der Waals surface area contributed by atoms with Gasteiger partial charge in [-0.25, -0.2) is 9.98 Å². The highest BCUT2D eigenvalue weighted by Crippen LogP contribution is 2.49. The number of amidine groups is 1. The first-order valence-electron chi connectivity index (χ1n) is 14.5. The highest BCUT2D eigenvalue weighted by atomic mass is 16.2. The third-order valence-corrected chi connectivity index (χ3v) is 9.30. The summed E-state index contributed by atoms with van der Waals surface area (Å²) >= 11 is 0. The first-order valence-corrected chi connectivity index (χ1v) is 14.5. The summed E-state index contributed by atoms with van der Waals surface area (Å²) in [5, 5.41) is 15.4. The number of nitrogens with one attached hydrogen (secondary N) is 2. The predicted octanol–water partition coefficient (Wildman–Crippen LogP) is 3.12. The maximum atomic E-state index is 13.1. The number of pyridine rings is 1. The van der Waals surface area contributed by atoms with Crippen molar-refractivity contribution in [2.45, 2.75) is 75.3 Å². The van der Waals surface area contributed by atoms with Gasteiger partial charge in [-0.3, -0.25) is 15.2 Å². The molecule has 0 spiro atoms. The van der Waals surface area contributed by atoms with Gasteiger partial charge in [0.05, 0.1) is 17.6 Å². The average Bonchev–Trinajstić information content (AvgIpc) is 3.59. The lowest BCUT2D eigenvalue weighted by Crippen LogP contribution is -2.50. The highest BCUT2D eigenvalue weighted by molar-refractivity contribution is 6.38. The van der Waals surface area contributed by atoms with Crippen molar-refractivity contribution in [1.29, 1.82) is 5.41 Å². The van der Waals surface area contributed by atoms with E-state index in [1.165, 1.54) is 6.42 Å². The Morgan fingerprint density at radius 3 is 2.73 bits per heavy atom. The van der Waals surface area contributed by atoms with Crippen LogP contribution in [0.4, 0.5) is 5.82 Å². The van der Waals surface area contributed by atoms with E-state index in [0.717, 1.165) is 91.6 Å². The quantitative estimate of drug-likeness (QED) is 0.285. The molecule has 8 rings (SSSR count). The Labute approximate surface area is 233 Å². The molecule has 11 heteroatoms. The van der Waals surface area contributed by atoms with Gasteiger partial charge in [-0.15, -0.1) is 0 Å². The number of hydrogen-bond donors (Lipinski definition) is 4. The number of fused-ring (bicyclic) bond motifs is 5. The van der Waals surface area contributed by atoms with Crippen molar-refractivity contribution in [2.24, 2.45) is 16.6 Å². The van der Waals surface area contributed by atoms with Crippen LogP contribution in [0, 0.1) is 11.3 Å². The average molecular weight is 541 g/mol. The fraction of sp³-hybridized carbons (Fsp3) is 0.517. The molecule has 2 aliphatic carbocycles. The number of carbonyl (C=O) groups excluding carboxylic acids is 1. The van der Waals surface area contributed by atoms with Gasteiger partial charge in [-0.2, -0.15) is 9.61 Å². The second-order valence-corrected chi connectivity index (χ2v) is 11.9. The van der Waals surface area contributed by atoms with Gasteiger partial charge in [0.2, 0.25) is 0 Å². The number of carbonyl (C=O) groups is 1. The molecule has 3 aromatic heterocycles. The van der Waals surface area contributed by atoms with Crippen molar-refractivity contribution in [3.8, 4) is 11.1 Å². The van der Waals surface area contributed by atoms with Gasteiger partial charge in [0.15, 0.2) is 11.5 Å². The third-order valence-electron chi connectivity index (χ3n) is 9.30. The van der Waals surface area contributed by atoms with Crippen LogP contribution in [0.25, 0.3) is 16.8 Å². The minimum Gasteiger partial charge on any atom is -0.383 e.